The third kappa shape index (κ3) is 2.44. The van der Waals surface area contributed by atoms with Gasteiger partial charge >= 0.3 is 0 Å². The van der Waals surface area contributed by atoms with Crippen LogP contribution in [0.25, 0.3) is 10.9 Å². The molecule has 0 spiro atoms. The Hall–Kier alpha value is -2.53. The van der Waals surface area contributed by atoms with E-state index >= 15 is 0 Å². The summed E-state index contributed by atoms with van der Waals surface area (Å²) in [6.45, 7) is 0. The molecular weight excluding hydrogens is 276 g/mol. The third-order valence-electron chi connectivity index (χ3n) is 2.84. The van der Waals surface area contributed by atoms with Gasteiger partial charge in [-0.1, -0.05) is 11.6 Å². The summed E-state index contributed by atoms with van der Waals surface area (Å²) < 4.78 is 0. The van der Waals surface area contributed by atoms with E-state index in [4.69, 9.17) is 17.3 Å². The van der Waals surface area contributed by atoms with Crippen molar-refractivity contribution in [1.29, 1.82) is 0 Å². The molecule has 0 aliphatic rings. The number of nitrogens with one attached hydrogen (secondary N) is 2. The van der Waals surface area contributed by atoms with Crippen molar-refractivity contribution in [3.63, 3.8) is 0 Å². The van der Waals surface area contributed by atoms with Crippen molar-refractivity contribution in [2.75, 3.05) is 11.1 Å². The number of benzene rings is 2. The molecule has 0 saturated carbocycles. The van der Waals surface area contributed by atoms with E-state index in [2.05, 4.69) is 15.3 Å². The van der Waals surface area contributed by atoms with E-state index in [1.54, 1.807) is 42.5 Å². The molecule has 20 heavy (non-hydrogen) atoms. The Morgan fingerprint density at radius 3 is 2.65 bits per heavy atom. The van der Waals surface area contributed by atoms with Crippen LogP contribution in [0.4, 0.5) is 17.3 Å². The van der Waals surface area contributed by atoms with E-state index in [-0.39, 0.29) is 5.56 Å². The minimum absolute atomic E-state index is 0.237. The number of nitrogens with zero attached hydrogens (tertiary/aromatic N) is 1. The molecular formula is C14H11ClN4O. The Morgan fingerprint density at radius 2 is 1.90 bits per heavy atom. The summed E-state index contributed by atoms with van der Waals surface area (Å²) in [6.07, 6.45) is 0. The second-order valence-electron chi connectivity index (χ2n) is 4.32. The highest BCUT2D eigenvalue weighted by Crippen LogP contribution is 2.18. The van der Waals surface area contributed by atoms with Crippen molar-refractivity contribution in [2.45, 2.75) is 0 Å². The van der Waals surface area contributed by atoms with E-state index in [1.165, 1.54) is 0 Å². The number of H-pyrrole nitrogens is 1. The molecule has 0 unspecified atom stereocenters. The zero-order valence-corrected chi connectivity index (χ0v) is 11.1. The molecule has 100 valence electrons. The van der Waals surface area contributed by atoms with Gasteiger partial charge < -0.3 is 11.1 Å². The number of anilines is 3. The Labute approximate surface area is 119 Å². The van der Waals surface area contributed by atoms with E-state index in [0.717, 1.165) is 5.69 Å². The lowest BCUT2D eigenvalue weighted by atomic mass is 10.2. The second kappa shape index (κ2) is 4.86. The summed E-state index contributed by atoms with van der Waals surface area (Å²) in [6, 6.07) is 12.1. The molecule has 1 heterocycles. The van der Waals surface area contributed by atoms with Crippen LogP contribution in [0, 0.1) is 0 Å². The Bertz CT molecular complexity index is 827. The van der Waals surface area contributed by atoms with Crippen LogP contribution >= 0.6 is 11.6 Å². The van der Waals surface area contributed by atoms with Crippen LogP contribution in [0.1, 0.15) is 0 Å². The maximum Gasteiger partial charge on any atom is 0.260 e. The van der Waals surface area contributed by atoms with E-state index in [0.29, 0.717) is 27.6 Å². The Balaban J connectivity index is 2.02. The van der Waals surface area contributed by atoms with Gasteiger partial charge in [-0.25, -0.2) is 4.98 Å². The highest BCUT2D eigenvalue weighted by atomic mass is 35.5. The molecule has 3 rings (SSSR count). The normalized spacial score (nSPS) is 10.7. The van der Waals surface area contributed by atoms with Crippen LogP contribution in [0.5, 0.6) is 0 Å². The first-order valence-corrected chi connectivity index (χ1v) is 6.32. The average molecular weight is 287 g/mol. The molecule has 5 nitrogen and oxygen atoms in total. The number of fused-ring (bicyclic) bond motifs is 1. The molecule has 3 aromatic rings. The number of hydrogen-bond acceptors (Lipinski definition) is 4. The van der Waals surface area contributed by atoms with Gasteiger partial charge in [-0.15, -0.1) is 0 Å². The van der Waals surface area contributed by atoms with Crippen molar-refractivity contribution >= 4 is 39.8 Å². The van der Waals surface area contributed by atoms with Crippen molar-refractivity contribution in [3.8, 4) is 0 Å². The maximum absolute atomic E-state index is 12.0. The van der Waals surface area contributed by atoms with Crippen LogP contribution in [0.2, 0.25) is 5.02 Å². The number of rotatable bonds is 2. The first-order chi connectivity index (χ1) is 9.61. The first-order valence-electron chi connectivity index (χ1n) is 5.94. The molecule has 0 radical (unpaired) electrons. The highest BCUT2D eigenvalue weighted by Gasteiger charge is 2.04. The molecule has 4 N–H and O–H groups in total. The molecule has 6 heteroatoms. The lowest BCUT2D eigenvalue weighted by Gasteiger charge is -2.06. The molecule has 0 fully saturated rings. The summed E-state index contributed by atoms with van der Waals surface area (Å²) in [4.78, 5) is 19.0. The number of halogens is 1. The van der Waals surface area contributed by atoms with Gasteiger partial charge in [0.1, 0.15) is 0 Å². The van der Waals surface area contributed by atoms with Gasteiger partial charge in [0.25, 0.3) is 5.56 Å². The van der Waals surface area contributed by atoms with Crippen molar-refractivity contribution in [1.82, 2.24) is 9.97 Å². The van der Waals surface area contributed by atoms with Gasteiger partial charge in [-0.05, 0) is 42.5 Å². The van der Waals surface area contributed by atoms with Crippen molar-refractivity contribution in [2.24, 2.45) is 0 Å². The van der Waals surface area contributed by atoms with Crippen LogP contribution in [0.15, 0.2) is 47.3 Å². The lowest BCUT2D eigenvalue weighted by molar-refractivity contribution is 1.17. The number of nitrogens with two attached hydrogens (primary N) is 1. The number of hydrogen-bond donors (Lipinski definition) is 3. The summed E-state index contributed by atoms with van der Waals surface area (Å²) in [5.74, 6) is 0.370. The minimum atomic E-state index is -0.237. The van der Waals surface area contributed by atoms with Crippen molar-refractivity contribution < 1.29 is 0 Å². The topological polar surface area (TPSA) is 83.8 Å². The SMILES string of the molecule is Nc1ccc2nc(Nc3ccc(Cl)cc3)[nH]c(=O)c2c1. The fraction of sp³-hybridized carbons (Fsp3) is 0. The summed E-state index contributed by atoms with van der Waals surface area (Å²) >= 11 is 5.82. The molecule has 2 aromatic carbocycles. The molecule has 1 aromatic heterocycles. The van der Waals surface area contributed by atoms with Crippen LogP contribution in [-0.4, -0.2) is 9.97 Å². The fourth-order valence-electron chi connectivity index (χ4n) is 1.89. The number of aromatic amines is 1. The van der Waals surface area contributed by atoms with Gasteiger partial charge in [-0.2, -0.15) is 0 Å². The summed E-state index contributed by atoms with van der Waals surface area (Å²) in [5.41, 5.74) is 7.32. The number of nitrogen functional groups attached to an aromatic ring is 1. The molecule has 0 atom stereocenters. The third-order valence-corrected chi connectivity index (χ3v) is 3.09. The molecule has 0 saturated heterocycles. The highest BCUT2D eigenvalue weighted by molar-refractivity contribution is 6.30. The summed E-state index contributed by atoms with van der Waals surface area (Å²) in [5, 5.41) is 4.13. The quantitative estimate of drug-likeness (QED) is 0.633. The zero-order valence-electron chi connectivity index (χ0n) is 10.4. The van der Waals surface area contributed by atoms with Gasteiger partial charge in [-0.3, -0.25) is 9.78 Å². The zero-order chi connectivity index (χ0) is 14.1. The van der Waals surface area contributed by atoms with Crippen LogP contribution in [0.3, 0.4) is 0 Å². The predicted molar refractivity (Wildman–Crippen MR) is 81.5 cm³/mol. The van der Waals surface area contributed by atoms with E-state index in [9.17, 15) is 4.79 Å². The summed E-state index contributed by atoms with van der Waals surface area (Å²) in [7, 11) is 0. The van der Waals surface area contributed by atoms with Crippen molar-refractivity contribution in [3.05, 3.63) is 57.8 Å². The maximum atomic E-state index is 12.0. The van der Waals surface area contributed by atoms with Crippen LogP contribution < -0.4 is 16.6 Å². The first kappa shape index (κ1) is 12.5. The minimum Gasteiger partial charge on any atom is -0.399 e. The number of aromatic nitrogens is 2. The van der Waals surface area contributed by atoms with Crippen LogP contribution in [-0.2, 0) is 0 Å². The predicted octanol–water partition coefficient (Wildman–Crippen LogP) is 2.90. The average Bonchev–Trinajstić information content (AvgIpc) is 2.42. The van der Waals surface area contributed by atoms with E-state index in [1.807, 2.05) is 0 Å². The Kier molecular flexibility index (Phi) is 3.04. The largest absolute Gasteiger partial charge is 0.399 e. The van der Waals surface area contributed by atoms with Gasteiger partial charge in [0.05, 0.1) is 10.9 Å². The van der Waals surface area contributed by atoms with Gasteiger partial charge in [0.15, 0.2) is 0 Å². The standard InChI is InChI=1S/C14H11ClN4O/c15-8-1-4-10(5-2-8)17-14-18-12-6-3-9(16)7-11(12)13(20)19-14/h1-7H,16H2,(H2,17,18,19,20). The second-order valence-corrected chi connectivity index (χ2v) is 4.76. The molecule has 0 aliphatic carbocycles. The van der Waals surface area contributed by atoms with Gasteiger partial charge in [0.2, 0.25) is 5.95 Å². The molecule has 0 aliphatic heterocycles. The van der Waals surface area contributed by atoms with E-state index < -0.39 is 0 Å². The Morgan fingerprint density at radius 1 is 1.15 bits per heavy atom. The lowest BCUT2D eigenvalue weighted by Crippen LogP contribution is -2.11. The molecule has 0 bridgehead atoms. The van der Waals surface area contributed by atoms with Gasteiger partial charge in [0, 0.05) is 16.4 Å². The monoisotopic (exact) mass is 286 g/mol. The smallest absolute Gasteiger partial charge is 0.260 e. The molecule has 0 amide bonds. The fourth-order valence-corrected chi connectivity index (χ4v) is 2.01.